The van der Waals surface area contributed by atoms with E-state index in [9.17, 15) is 0 Å². The Kier molecular flexibility index (Phi) is 18.3. The van der Waals surface area contributed by atoms with Crippen LogP contribution in [0.4, 0.5) is 0 Å². The van der Waals surface area contributed by atoms with Crippen molar-refractivity contribution in [2.24, 2.45) is 0 Å². The first-order chi connectivity index (χ1) is 22.5. The van der Waals surface area contributed by atoms with Crippen molar-refractivity contribution < 1.29 is 13.6 Å². The van der Waals surface area contributed by atoms with Gasteiger partial charge in [-0.05, 0) is 129 Å². The Balaban J connectivity index is 2.02. The van der Waals surface area contributed by atoms with Crippen LogP contribution in [0.5, 0.6) is 17.2 Å². The Bertz CT molecular complexity index is 1110. The lowest BCUT2D eigenvalue weighted by atomic mass is 10.0. The molecule has 0 heterocycles. The van der Waals surface area contributed by atoms with Gasteiger partial charge in [0.25, 0.3) is 0 Å². The normalized spacial score (nSPS) is 11.3. The number of rotatable bonds is 24. The topological polar surface area (TPSA) is 27.7 Å². The summed E-state index contributed by atoms with van der Waals surface area (Å²) in [6, 6.07) is 20.3. The Morgan fingerprint density at radius 3 is 0.891 bits per heavy atom. The van der Waals surface area contributed by atoms with Crippen LogP contribution in [-0.4, -0.2) is 0 Å². The van der Waals surface area contributed by atoms with E-state index < -0.39 is 8.60 Å². The Labute approximate surface area is 283 Å². The molecule has 254 valence electrons. The molecule has 0 aliphatic carbocycles. The lowest BCUT2D eigenvalue weighted by molar-refractivity contribution is 0.382. The fourth-order valence-electron chi connectivity index (χ4n) is 5.76. The van der Waals surface area contributed by atoms with Gasteiger partial charge in [-0.1, -0.05) is 116 Å². The van der Waals surface area contributed by atoms with E-state index in [0.717, 1.165) is 94.3 Å². The fourth-order valence-corrected chi connectivity index (χ4v) is 6.89. The predicted octanol–water partition coefficient (Wildman–Crippen LogP) is 13.5. The maximum Gasteiger partial charge on any atom is 0.530 e. The maximum absolute atomic E-state index is 6.84. The lowest BCUT2D eigenvalue weighted by Gasteiger charge is -2.23. The molecule has 4 heteroatoms. The Morgan fingerprint density at radius 1 is 0.370 bits per heavy atom. The van der Waals surface area contributed by atoms with Crippen LogP contribution in [-0.2, 0) is 38.5 Å². The zero-order valence-electron chi connectivity index (χ0n) is 30.1. The second-order valence-corrected chi connectivity index (χ2v) is 13.9. The van der Waals surface area contributed by atoms with Gasteiger partial charge in [0.2, 0.25) is 0 Å². The van der Waals surface area contributed by atoms with Crippen molar-refractivity contribution in [3.05, 3.63) is 88.0 Å². The Morgan fingerprint density at radius 2 is 0.630 bits per heavy atom. The zero-order chi connectivity index (χ0) is 33.0. The number of aryl methyl sites for hydroxylation is 6. The van der Waals surface area contributed by atoms with E-state index in [0.29, 0.717) is 0 Å². The molecule has 0 saturated heterocycles. The summed E-state index contributed by atoms with van der Waals surface area (Å²) in [4.78, 5) is 0. The summed E-state index contributed by atoms with van der Waals surface area (Å²) in [5.74, 6) is 2.68. The molecule has 0 amide bonds. The van der Waals surface area contributed by atoms with Crippen molar-refractivity contribution in [2.75, 3.05) is 0 Å². The molecule has 3 nitrogen and oxygen atoms in total. The van der Waals surface area contributed by atoms with Crippen molar-refractivity contribution >= 4 is 8.60 Å². The van der Waals surface area contributed by atoms with Gasteiger partial charge in [-0.15, -0.1) is 0 Å². The molecule has 0 aliphatic rings. The van der Waals surface area contributed by atoms with Gasteiger partial charge in [-0.25, -0.2) is 0 Å². The molecule has 0 aromatic heterocycles. The summed E-state index contributed by atoms with van der Waals surface area (Å²) < 4.78 is 20.5. The number of hydrogen-bond donors (Lipinski definition) is 0. The molecular weight excluding hydrogens is 583 g/mol. The van der Waals surface area contributed by atoms with Crippen LogP contribution >= 0.6 is 8.60 Å². The molecule has 0 radical (unpaired) electrons. The smallest absolute Gasteiger partial charge is 0.408 e. The van der Waals surface area contributed by atoms with E-state index in [4.69, 9.17) is 13.6 Å². The molecule has 3 aromatic rings. The van der Waals surface area contributed by atoms with Gasteiger partial charge in [0.15, 0.2) is 0 Å². The maximum atomic E-state index is 6.84. The molecule has 0 fully saturated rings. The molecule has 46 heavy (non-hydrogen) atoms. The summed E-state index contributed by atoms with van der Waals surface area (Å²) in [5, 5.41) is 0. The van der Waals surface area contributed by atoms with E-state index in [1.54, 1.807) is 0 Å². The van der Waals surface area contributed by atoms with Crippen molar-refractivity contribution in [3.8, 4) is 17.2 Å². The van der Waals surface area contributed by atoms with Gasteiger partial charge in [-0.2, -0.15) is 0 Å². The van der Waals surface area contributed by atoms with E-state index >= 15 is 0 Å². The average Bonchev–Trinajstić information content (AvgIpc) is 3.08. The van der Waals surface area contributed by atoms with Crippen LogP contribution in [0.1, 0.15) is 152 Å². The van der Waals surface area contributed by atoms with Gasteiger partial charge < -0.3 is 13.6 Å². The van der Waals surface area contributed by atoms with Gasteiger partial charge >= 0.3 is 8.60 Å². The monoisotopic (exact) mass is 646 g/mol. The van der Waals surface area contributed by atoms with E-state index in [1.807, 2.05) is 0 Å². The van der Waals surface area contributed by atoms with E-state index in [1.165, 1.54) is 71.9 Å². The van der Waals surface area contributed by atoms with E-state index in [2.05, 4.69) is 96.1 Å². The van der Waals surface area contributed by atoms with Gasteiger partial charge in [0.05, 0.1) is 0 Å². The number of unbranched alkanes of at least 4 members (excludes halogenated alkanes) is 6. The van der Waals surface area contributed by atoms with Crippen molar-refractivity contribution in [1.82, 2.24) is 0 Å². The molecule has 0 aliphatic heterocycles. The largest absolute Gasteiger partial charge is 0.530 e. The van der Waals surface area contributed by atoms with Gasteiger partial charge in [0.1, 0.15) is 17.2 Å². The first-order valence-electron chi connectivity index (χ1n) is 18.7. The standard InChI is InChI=1S/C42H63O3P/c1-7-13-19-34-25-28-40(37(31-34)22-16-10-4)43-46(44-41-29-26-35(20-14-8-2)32-38(41)23-17-11-5)45-42-30-27-36(21-15-9-3)33-39(42)24-18-12-6/h25-33H,7-24H2,1-6H3. The highest BCUT2D eigenvalue weighted by Crippen LogP contribution is 2.46. The van der Waals surface area contributed by atoms with Crippen molar-refractivity contribution in [1.29, 1.82) is 0 Å². The van der Waals surface area contributed by atoms with Crippen LogP contribution in [0, 0.1) is 0 Å². The van der Waals surface area contributed by atoms with Gasteiger partial charge in [0, 0.05) is 0 Å². The summed E-state index contributed by atoms with van der Waals surface area (Å²) >= 11 is 0. The first-order valence-corrected chi connectivity index (χ1v) is 19.8. The minimum atomic E-state index is -1.74. The molecule has 0 atom stereocenters. The Hall–Kier alpha value is -2.51. The number of hydrogen-bond acceptors (Lipinski definition) is 3. The molecule has 3 rings (SSSR count). The van der Waals surface area contributed by atoms with Crippen LogP contribution in [0.25, 0.3) is 0 Å². The molecule has 0 spiro atoms. The highest BCUT2D eigenvalue weighted by atomic mass is 31.2. The van der Waals surface area contributed by atoms with Crippen LogP contribution in [0.15, 0.2) is 54.6 Å². The SMILES string of the molecule is CCCCc1ccc(OP(Oc2ccc(CCCC)cc2CCCC)Oc2ccc(CCCC)cc2CCCC)c(CCCC)c1. The molecule has 3 aromatic carbocycles. The third-order valence-electron chi connectivity index (χ3n) is 8.75. The summed E-state index contributed by atoms with van der Waals surface area (Å²) in [5.41, 5.74) is 7.95. The first kappa shape index (κ1) is 37.9. The number of benzene rings is 3. The van der Waals surface area contributed by atoms with Crippen LogP contribution < -0.4 is 13.6 Å². The summed E-state index contributed by atoms with van der Waals surface area (Å²) in [6.45, 7) is 13.5. The average molecular weight is 647 g/mol. The second-order valence-electron chi connectivity index (χ2n) is 12.9. The third-order valence-corrected chi connectivity index (χ3v) is 9.79. The highest BCUT2D eigenvalue weighted by Gasteiger charge is 2.24. The van der Waals surface area contributed by atoms with Crippen LogP contribution in [0.3, 0.4) is 0 Å². The fraction of sp³-hybridized carbons (Fsp3) is 0.571. The molecule has 0 unspecified atom stereocenters. The minimum absolute atomic E-state index is 0.893. The minimum Gasteiger partial charge on any atom is -0.408 e. The third kappa shape index (κ3) is 12.9. The quantitative estimate of drug-likeness (QED) is 0.0907. The van der Waals surface area contributed by atoms with Gasteiger partial charge in [-0.3, -0.25) is 0 Å². The zero-order valence-corrected chi connectivity index (χ0v) is 31.0. The lowest BCUT2D eigenvalue weighted by Crippen LogP contribution is -2.07. The molecule has 0 bridgehead atoms. The van der Waals surface area contributed by atoms with E-state index in [-0.39, 0.29) is 0 Å². The second kappa shape index (κ2) is 22.1. The highest BCUT2D eigenvalue weighted by molar-refractivity contribution is 7.43. The molecule has 0 saturated carbocycles. The molecular formula is C42H63O3P. The van der Waals surface area contributed by atoms with Crippen molar-refractivity contribution in [3.63, 3.8) is 0 Å². The van der Waals surface area contributed by atoms with Crippen molar-refractivity contribution in [2.45, 2.75) is 157 Å². The summed E-state index contributed by atoms with van der Waals surface area (Å²) in [7, 11) is -1.74. The summed E-state index contributed by atoms with van der Waals surface area (Å²) in [6.07, 6.45) is 20.4. The molecule has 0 N–H and O–H groups in total. The predicted molar refractivity (Wildman–Crippen MR) is 200 cm³/mol. The van der Waals surface area contributed by atoms with Crippen LogP contribution in [0.2, 0.25) is 0 Å².